The summed E-state index contributed by atoms with van der Waals surface area (Å²) in [5.74, 6) is 6.54. The number of allylic oxidation sites excluding steroid dienone is 4. The molecule has 0 aliphatic rings. The van der Waals surface area contributed by atoms with E-state index in [-0.39, 0.29) is 6.10 Å². The van der Waals surface area contributed by atoms with E-state index >= 15 is 0 Å². The van der Waals surface area contributed by atoms with E-state index in [0.717, 1.165) is 73.2 Å². The highest BCUT2D eigenvalue weighted by Gasteiger charge is 2.33. The molecule has 0 amide bonds. The van der Waals surface area contributed by atoms with Crippen LogP contribution in [0.4, 0.5) is 0 Å². The molecule has 1 aromatic rings. The van der Waals surface area contributed by atoms with Crippen LogP contribution in [0.5, 0.6) is 11.5 Å². The molecule has 0 aromatic heterocycles. The van der Waals surface area contributed by atoms with Crippen molar-refractivity contribution in [3.8, 4) is 11.5 Å². The number of hydrogen-bond acceptors (Lipinski definition) is 3. The minimum Gasteiger partial charge on any atom is -0.497 e. The first-order chi connectivity index (χ1) is 36.1. The molecule has 0 radical (unpaired) electrons. The molecule has 1 N–H and O–H groups in total. The summed E-state index contributed by atoms with van der Waals surface area (Å²) in [5, 5.41) is 12.3. The molecule has 0 heterocycles. The van der Waals surface area contributed by atoms with E-state index in [4.69, 9.17) is 9.47 Å². The number of benzene rings is 1. The molecule has 0 aliphatic carbocycles. The van der Waals surface area contributed by atoms with E-state index in [1.165, 1.54) is 249 Å². The third-order valence-electron chi connectivity index (χ3n) is 17.2. The van der Waals surface area contributed by atoms with Gasteiger partial charge in [0.25, 0.3) is 0 Å². The van der Waals surface area contributed by atoms with Crippen LogP contribution in [-0.2, 0) is 6.42 Å². The zero-order valence-electron chi connectivity index (χ0n) is 53.0. The number of aliphatic hydroxyl groups is 1. The van der Waals surface area contributed by atoms with Crippen LogP contribution >= 0.6 is 0 Å². The van der Waals surface area contributed by atoms with Gasteiger partial charge in [-0.3, -0.25) is 0 Å². The first-order valence-corrected chi connectivity index (χ1v) is 33.5. The monoisotopic (exact) mass is 1050 g/mol. The van der Waals surface area contributed by atoms with Gasteiger partial charge in [0.05, 0.1) is 12.7 Å². The largest absolute Gasteiger partial charge is 0.497 e. The van der Waals surface area contributed by atoms with Gasteiger partial charge in [0.15, 0.2) is 0 Å². The van der Waals surface area contributed by atoms with Crippen molar-refractivity contribution < 1.29 is 14.6 Å². The number of unbranched alkanes of at least 4 members (excludes halogenated alkanes) is 19. The molecular formula is C72H134O3. The van der Waals surface area contributed by atoms with Crippen LogP contribution in [0.1, 0.15) is 345 Å². The molecule has 2 unspecified atom stereocenters. The fraction of sp³-hybridized carbons (Fsp3) is 0.861. The Labute approximate surface area is 471 Å². The van der Waals surface area contributed by atoms with Gasteiger partial charge in [-0.1, -0.05) is 285 Å². The Morgan fingerprint density at radius 1 is 0.467 bits per heavy atom. The van der Waals surface area contributed by atoms with Crippen molar-refractivity contribution in [1.29, 1.82) is 0 Å². The third kappa shape index (κ3) is 43.8. The summed E-state index contributed by atoms with van der Waals surface area (Å²) >= 11 is 0. The van der Waals surface area contributed by atoms with Crippen LogP contribution < -0.4 is 9.47 Å². The van der Waals surface area contributed by atoms with Gasteiger partial charge in [-0.25, -0.2) is 0 Å². The molecule has 75 heavy (non-hydrogen) atoms. The van der Waals surface area contributed by atoms with Gasteiger partial charge < -0.3 is 14.6 Å². The van der Waals surface area contributed by atoms with E-state index in [1.54, 1.807) is 7.11 Å². The highest BCUT2D eigenvalue weighted by molar-refractivity contribution is 5.39. The molecule has 1 aromatic carbocycles. The number of hydrogen-bond donors (Lipinski definition) is 1. The van der Waals surface area contributed by atoms with Gasteiger partial charge in [-0.15, -0.1) is 0 Å². The third-order valence-corrected chi connectivity index (χ3v) is 17.2. The summed E-state index contributed by atoms with van der Waals surface area (Å²) < 4.78 is 12.8. The normalized spacial score (nSPS) is 15.2. The van der Waals surface area contributed by atoms with Crippen LogP contribution in [0.25, 0.3) is 0 Å². The summed E-state index contributed by atoms with van der Waals surface area (Å²) in [6, 6.07) is 6.49. The average molecular weight is 1050 g/mol. The zero-order chi connectivity index (χ0) is 55.2. The second kappa shape index (κ2) is 48.2. The van der Waals surface area contributed by atoms with E-state index in [2.05, 4.69) is 99.6 Å². The maximum Gasteiger partial charge on any atom is 0.127 e. The van der Waals surface area contributed by atoms with Crippen molar-refractivity contribution in [2.24, 2.45) is 35.5 Å². The van der Waals surface area contributed by atoms with E-state index in [9.17, 15) is 5.11 Å². The summed E-state index contributed by atoms with van der Waals surface area (Å²) in [5.41, 5.74) is 1.85. The van der Waals surface area contributed by atoms with Gasteiger partial charge in [-0.2, -0.15) is 0 Å². The first-order valence-electron chi connectivity index (χ1n) is 33.5. The Balaban J connectivity index is 2.63. The summed E-state index contributed by atoms with van der Waals surface area (Å²) in [4.78, 5) is 0. The van der Waals surface area contributed by atoms with Crippen LogP contribution in [-0.4, -0.2) is 23.9 Å². The number of rotatable bonds is 54. The Morgan fingerprint density at radius 3 is 1.32 bits per heavy atom. The summed E-state index contributed by atoms with van der Waals surface area (Å²) in [6.07, 6.45) is 61.7. The number of aryl methyl sites for hydroxylation is 1. The van der Waals surface area contributed by atoms with Crippen molar-refractivity contribution >= 4 is 0 Å². The predicted molar refractivity (Wildman–Crippen MR) is 336 cm³/mol. The van der Waals surface area contributed by atoms with Gasteiger partial charge >= 0.3 is 0 Å². The lowest BCUT2D eigenvalue weighted by atomic mass is 9.86. The van der Waals surface area contributed by atoms with Crippen LogP contribution in [0, 0.1) is 35.5 Å². The van der Waals surface area contributed by atoms with E-state index in [1.807, 2.05) is 13.0 Å². The van der Waals surface area contributed by atoms with Crippen molar-refractivity contribution in [1.82, 2.24) is 0 Å². The lowest BCUT2D eigenvalue weighted by Gasteiger charge is -2.34. The smallest absolute Gasteiger partial charge is 0.127 e. The van der Waals surface area contributed by atoms with Gasteiger partial charge in [-0.05, 0) is 138 Å². The minimum absolute atomic E-state index is 0.284. The molecular weight excluding hydrogens is 913 g/mol. The molecule has 0 fully saturated rings. The maximum atomic E-state index is 12.3. The average Bonchev–Trinajstić information content (AvgIpc) is 3.36. The molecule has 3 heteroatoms. The van der Waals surface area contributed by atoms with Gasteiger partial charge in [0.1, 0.15) is 17.6 Å². The molecule has 3 nitrogen and oxygen atoms in total. The van der Waals surface area contributed by atoms with Crippen molar-refractivity contribution in [3.63, 3.8) is 0 Å². The van der Waals surface area contributed by atoms with Crippen LogP contribution in [0.15, 0.2) is 42.0 Å². The zero-order valence-corrected chi connectivity index (χ0v) is 53.0. The Hall–Kier alpha value is -1.74. The summed E-state index contributed by atoms with van der Waals surface area (Å²) in [6.45, 7) is 25.9. The molecule has 6 atom stereocenters. The highest BCUT2D eigenvalue weighted by atomic mass is 16.5. The second-order valence-electron chi connectivity index (χ2n) is 26.5. The molecule has 0 spiro atoms. The quantitative estimate of drug-likeness (QED) is 0.0522. The number of methoxy groups -OCH3 is 1. The fourth-order valence-corrected chi connectivity index (χ4v) is 11.7. The highest BCUT2D eigenvalue weighted by Crippen LogP contribution is 2.32. The van der Waals surface area contributed by atoms with Gasteiger partial charge in [0, 0.05) is 6.07 Å². The molecule has 440 valence electrons. The van der Waals surface area contributed by atoms with E-state index < -0.39 is 5.60 Å². The Bertz CT molecular complexity index is 1450. The van der Waals surface area contributed by atoms with Crippen molar-refractivity contribution in [2.75, 3.05) is 7.11 Å². The lowest BCUT2D eigenvalue weighted by Crippen LogP contribution is -2.43. The molecule has 0 aliphatic heterocycles. The van der Waals surface area contributed by atoms with Crippen LogP contribution in [0.3, 0.4) is 0 Å². The van der Waals surface area contributed by atoms with E-state index in [0.29, 0.717) is 5.92 Å². The Morgan fingerprint density at radius 2 is 0.867 bits per heavy atom. The fourth-order valence-electron chi connectivity index (χ4n) is 11.7. The Kier molecular flexibility index (Phi) is 45.8. The minimum atomic E-state index is -0.916. The molecule has 0 saturated carbocycles. The molecule has 1 rings (SSSR count). The number of ether oxygens (including phenoxy) is 2. The predicted octanol–water partition coefficient (Wildman–Crippen LogP) is 24.1. The first kappa shape index (κ1) is 71.3. The standard InChI is InChI=1S/C72H134O3/c1-13-14-15-16-17-18-19-20-21-22-23-24-25-26-27-28-29-30-31-32-33-34-35-55-68-58-69(74-12)60-70(59-68)75-71(72(11,73)57-42-54-67(10)52-40-48-64(7)46-37-44-62(4)5)56-41-53-66(9)51-39-50-65(8)49-38-47-63(6)45-36-43-61(2)3/h20-21,53,58-65,67,71,73H,13-19,22-52,54-57H2,1-12H3/b21-20-,66-53+/t63-,64-,65-,67-,71?,72?/m1/s1. The second-order valence-corrected chi connectivity index (χ2v) is 26.5. The van der Waals surface area contributed by atoms with Crippen molar-refractivity contribution in [2.45, 2.75) is 358 Å². The lowest BCUT2D eigenvalue weighted by molar-refractivity contribution is -0.0585. The van der Waals surface area contributed by atoms with Crippen LogP contribution in [0.2, 0.25) is 0 Å². The molecule has 0 bridgehead atoms. The molecule has 0 saturated heterocycles. The summed E-state index contributed by atoms with van der Waals surface area (Å²) in [7, 11) is 1.77. The topological polar surface area (TPSA) is 38.7 Å². The SMILES string of the molecule is CCCCCCCC/C=C\CCCCCCCCCCCCCCCc1cc(OC)cc(OC(CC/C=C(\C)CCC[C@H](C)CCC[C@H](C)CCCC(C)C)C(C)(O)CCC[C@H](C)CCC[C@H](C)CCCC(C)C)c1. The van der Waals surface area contributed by atoms with Crippen molar-refractivity contribution in [3.05, 3.63) is 47.6 Å². The maximum absolute atomic E-state index is 12.3. The van der Waals surface area contributed by atoms with Gasteiger partial charge in [0.2, 0.25) is 0 Å².